The van der Waals surface area contributed by atoms with Crippen molar-refractivity contribution in [3.8, 4) is 0 Å². The third-order valence-electron chi connectivity index (χ3n) is 3.22. The van der Waals surface area contributed by atoms with Gasteiger partial charge in [-0.2, -0.15) is 0 Å². The van der Waals surface area contributed by atoms with Crippen molar-refractivity contribution in [3.05, 3.63) is 58.1 Å². The van der Waals surface area contributed by atoms with Gasteiger partial charge in [0.15, 0.2) is 5.78 Å². The molecular weight excluding hydrogens is 316 g/mol. The van der Waals surface area contributed by atoms with Gasteiger partial charge in [-0.15, -0.1) is 0 Å². The van der Waals surface area contributed by atoms with E-state index >= 15 is 0 Å². The van der Waals surface area contributed by atoms with Crippen LogP contribution >= 0.6 is 15.9 Å². The van der Waals surface area contributed by atoms with Crippen molar-refractivity contribution in [1.82, 2.24) is 0 Å². The molecule has 0 unspecified atom stereocenters. The minimum absolute atomic E-state index is 0.0116. The Bertz CT molecular complexity index is 640. The molecule has 2 rings (SSSR count). The number of anilines is 2. The van der Waals surface area contributed by atoms with Gasteiger partial charge in [0.05, 0.1) is 0 Å². The summed E-state index contributed by atoms with van der Waals surface area (Å²) in [6, 6.07) is 13.7. The monoisotopic (exact) mass is 332 g/mol. The molecule has 0 aromatic heterocycles. The van der Waals surface area contributed by atoms with Gasteiger partial charge in [0.1, 0.15) is 0 Å². The van der Waals surface area contributed by atoms with Gasteiger partial charge in [0.25, 0.3) is 0 Å². The SMILES string of the molecule is CC(=O)c1ccc(N(C)Cc2ccccc2Br)cc1N. The third-order valence-corrected chi connectivity index (χ3v) is 3.99. The topological polar surface area (TPSA) is 46.3 Å². The molecule has 0 aliphatic carbocycles. The number of ketones is 1. The van der Waals surface area contributed by atoms with Crippen molar-refractivity contribution in [2.45, 2.75) is 13.5 Å². The first kappa shape index (κ1) is 14.6. The molecule has 0 fully saturated rings. The fourth-order valence-corrected chi connectivity index (χ4v) is 2.49. The van der Waals surface area contributed by atoms with Crippen LogP contribution in [0.1, 0.15) is 22.8 Å². The zero-order chi connectivity index (χ0) is 14.7. The summed E-state index contributed by atoms with van der Waals surface area (Å²) in [5.74, 6) is -0.0116. The second-order valence-electron chi connectivity index (χ2n) is 4.78. The summed E-state index contributed by atoms with van der Waals surface area (Å²) >= 11 is 3.55. The summed E-state index contributed by atoms with van der Waals surface area (Å²) in [6.45, 7) is 2.29. The smallest absolute Gasteiger partial charge is 0.161 e. The molecule has 0 spiro atoms. The standard InChI is InChI=1S/C16H17BrN2O/c1-11(20)14-8-7-13(9-16(14)18)19(2)10-12-5-3-4-6-15(12)17/h3-9H,10,18H2,1-2H3. The molecule has 2 aromatic carbocycles. The number of Topliss-reactive ketones (excluding diaryl/α,β-unsaturated/α-hetero) is 1. The molecule has 104 valence electrons. The molecule has 2 aromatic rings. The van der Waals surface area contributed by atoms with E-state index in [2.05, 4.69) is 26.9 Å². The average Bonchev–Trinajstić information content (AvgIpc) is 2.40. The van der Waals surface area contributed by atoms with Crippen molar-refractivity contribution >= 4 is 33.1 Å². The van der Waals surface area contributed by atoms with Crippen LogP contribution in [0.5, 0.6) is 0 Å². The molecule has 0 atom stereocenters. The van der Waals surface area contributed by atoms with Crippen molar-refractivity contribution < 1.29 is 4.79 Å². The molecule has 0 heterocycles. The summed E-state index contributed by atoms with van der Waals surface area (Å²) in [7, 11) is 2.00. The van der Waals surface area contributed by atoms with E-state index in [-0.39, 0.29) is 5.78 Å². The van der Waals surface area contributed by atoms with Crippen molar-refractivity contribution in [2.24, 2.45) is 0 Å². The fourth-order valence-electron chi connectivity index (χ4n) is 2.08. The Hall–Kier alpha value is -1.81. The molecule has 0 aliphatic rings. The number of nitrogen functional groups attached to an aromatic ring is 1. The first-order valence-electron chi connectivity index (χ1n) is 6.34. The van der Waals surface area contributed by atoms with Crippen LogP contribution in [0.3, 0.4) is 0 Å². The van der Waals surface area contributed by atoms with Crippen molar-refractivity contribution in [2.75, 3.05) is 17.7 Å². The van der Waals surface area contributed by atoms with Gasteiger partial charge >= 0.3 is 0 Å². The van der Waals surface area contributed by atoms with Gasteiger partial charge in [0, 0.05) is 35.0 Å². The summed E-state index contributed by atoms with van der Waals surface area (Å²) in [4.78, 5) is 13.5. The second kappa shape index (κ2) is 6.09. The first-order valence-corrected chi connectivity index (χ1v) is 7.13. The predicted octanol–water partition coefficient (Wildman–Crippen LogP) is 3.87. The summed E-state index contributed by atoms with van der Waals surface area (Å²) in [5.41, 5.74) is 9.21. The quantitative estimate of drug-likeness (QED) is 0.682. The number of halogens is 1. The van der Waals surface area contributed by atoms with E-state index in [0.717, 1.165) is 16.7 Å². The van der Waals surface area contributed by atoms with E-state index in [1.165, 1.54) is 12.5 Å². The van der Waals surface area contributed by atoms with Crippen LogP contribution in [0.4, 0.5) is 11.4 Å². The molecule has 0 bridgehead atoms. The van der Waals surface area contributed by atoms with Gasteiger partial charge in [-0.1, -0.05) is 34.1 Å². The largest absolute Gasteiger partial charge is 0.398 e. The Kier molecular flexibility index (Phi) is 4.45. The van der Waals surface area contributed by atoms with Crippen LogP contribution in [0.15, 0.2) is 46.9 Å². The highest BCUT2D eigenvalue weighted by Gasteiger charge is 2.09. The minimum Gasteiger partial charge on any atom is -0.398 e. The van der Waals surface area contributed by atoms with Gasteiger partial charge in [0.2, 0.25) is 0 Å². The third kappa shape index (κ3) is 3.20. The lowest BCUT2D eigenvalue weighted by Crippen LogP contribution is -2.17. The van der Waals surface area contributed by atoms with Crippen LogP contribution in [0.2, 0.25) is 0 Å². The summed E-state index contributed by atoms with van der Waals surface area (Å²) in [5, 5.41) is 0. The molecule has 0 aliphatic heterocycles. The lowest BCUT2D eigenvalue weighted by molar-refractivity contribution is 0.101. The number of hydrogen-bond acceptors (Lipinski definition) is 3. The Morgan fingerprint density at radius 3 is 2.55 bits per heavy atom. The maximum atomic E-state index is 11.4. The molecule has 2 N–H and O–H groups in total. The van der Waals surface area contributed by atoms with Crippen molar-refractivity contribution in [3.63, 3.8) is 0 Å². The molecule has 0 amide bonds. The number of carbonyl (C=O) groups is 1. The maximum Gasteiger partial charge on any atom is 0.161 e. The number of nitrogens with two attached hydrogens (primary N) is 1. The van der Waals surface area contributed by atoms with Crippen molar-refractivity contribution in [1.29, 1.82) is 0 Å². The van der Waals surface area contributed by atoms with Crippen LogP contribution in [0.25, 0.3) is 0 Å². The zero-order valence-electron chi connectivity index (χ0n) is 11.6. The number of carbonyl (C=O) groups excluding carboxylic acids is 1. The molecule has 0 saturated carbocycles. The van der Waals surface area contributed by atoms with Crippen LogP contribution in [-0.4, -0.2) is 12.8 Å². The van der Waals surface area contributed by atoms with Crippen LogP contribution < -0.4 is 10.6 Å². The number of rotatable bonds is 4. The lowest BCUT2D eigenvalue weighted by Gasteiger charge is -2.21. The number of nitrogens with zero attached hydrogens (tertiary/aromatic N) is 1. The van der Waals surface area contributed by atoms with Gasteiger partial charge in [-0.25, -0.2) is 0 Å². The van der Waals surface area contributed by atoms with E-state index in [0.29, 0.717) is 11.3 Å². The first-order chi connectivity index (χ1) is 9.49. The van der Waals surface area contributed by atoms with Crippen LogP contribution in [0, 0.1) is 0 Å². The van der Waals surface area contributed by atoms with E-state index in [9.17, 15) is 4.79 Å². The zero-order valence-corrected chi connectivity index (χ0v) is 13.1. The summed E-state index contributed by atoms with van der Waals surface area (Å²) < 4.78 is 1.08. The molecule has 3 nitrogen and oxygen atoms in total. The Balaban J connectivity index is 2.22. The number of benzene rings is 2. The molecule has 0 saturated heterocycles. The van der Waals surface area contributed by atoms with Crippen LogP contribution in [-0.2, 0) is 6.54 Å². The average molecular weight is 333 g/mol. The molecule has 4 heteroatoms. The Morgan fingerprint density at radius 1 is 1.25 bits per heavy atom. The molecule has 0 radical (unpaired) electrons. The highest BCUT2D eigenvalue weighted by atomic mass is 79.9. The van der Waals surface area contributed by atoms with E-state index in [1.807, 2.05) is 37.4 Å². The van der Waals surface area contributed by atoms with Gasteiger partial charge < -0.3 is 10.6 Å². The van der Waals surface area contributed by atoms with Gasteiger partial charge in [-0.3, -0.25) is 4.79 Å². The van der Waals surface area contributed by atoms with Gasteiger partial charge in [-0.05, 0) is 36.8 Å². The Labute approximate surface area is 127 Å². The minimum atomic E-state index is -0.0116. The van der Waals surface area contributed by atoms with E-state index in [1.54, 1.807) is 6.07 Å². The Morgan fingerprint density at radius 2 is 1.95 bits per heavy atom. The second-order valence-corrected chi connectivity index (χ2v) is 5.63. The number of hydrogen-bond donors (Lipinski definition) is 1. The summed E-state index contributed by atoms with van der Waals surface area (Å²) in [6.07, 6.45) is 0. The van der Waals surface area contributed by atoms with E-state index < -0.39 is 0 Å². The highest BCUT2D eigenvalue weighted by molar-refractivity contribution is 9.10. The normalized spacial score (nSPS) is 10.3. The fraction of sp³-hybridized carbons (Fsp3) is 0.188. The highest BCUT2D eigenvalue weighted by Crippen LogP contribution is 2.24. The predicted molar refractivity (Wildman–Crippen MR) is 87.1 cm³/mol. The molecular formula is C16H17BrN2O. The van der Waals surface area contributed by atoms with E-state index in [4.69, 9.17) is 5.73 Å². The molecule has 20 heavy (non-hydrogen) atoms. The lowest BCUT2D eigenvalue weighted by atomic mass is 10.1. The maximum absolute atomic E-state index is 11.4.